The van der Waals surface area contributed by atoms with Gasteiger partial charge in [0.05, 0.1) is 17.3 Å². The van der Waals surface area contributed by atoms with E-state index in [1.54, 1.807) is 32.2 Å². The van der Waals surface area contributed by atoms with Crippen molar-refractivity contribution in [2.75, 3.05) is 0 Å². The Morgan fingerprint density at radius 1 is 1.33 bits per heavy atom. The van der Waals surface area contributed by atoms with Gasteiger partial charge in [0.1, 0.15) is 5.82 Å². The third-order valence-corrected chi connectivity index (χ3v) is 3.06. The molecule has 18 heavy (non-hydrogen) atoms. The average molecular weight is 247 g/mol. The zero-order valence-electron chi connectivity index (χ0n) is 10.2. The van der Waals surface area contributed by atoms with Crippen LogP contribution in [-0.2, 0) is 10.2 Å². The second kappa shape index (κ2) is 4.25. The molecular formula is C13H14FN3O. The van der Waals surface area contributed by atoms with Gasteiger partial charge in [-0.15, -0.1) is 0 Å². The first-order valence-corrected chi connectivity index (χ1v) is 5.52. The van der Waals surface area contributed by atoms with Crippen molar-refractivity contribution in [3.8, 4) is 11.3 Å². The summed E-state index contributed by atoms with van der Waals surface area (Å²) in [6.07, 6.45) is 1.57. The molecule has 2 aromatic rings. The van der Waals surface area contributed by atoms with E-state index >= 15 is 0 Å². The van der Waals surface area contributed by atoms with E-state index in [9.17, 15) is 9.18 Å². The van der Waals surface area contributed by atoms with Gasteiger partial charge in [-0.1, -0.05) is 0 Å². The van der Waals surface area contributed by atoms with Crippen LogP contribution in [0.3, 0.4) is 0 Å². The number of carbonyl (C=O) groups is 1. The van der Waals surface area contributed by atoms with E-state index in [1.807, 2.05) is 0 Å². The highest BCUT2D eigenvalue weighted by molar-refractivity contribution is 5.88. The molecule has 1 heterocycles. The van der Waals surface area contributed by atoms with Crippen molar-refractivity contribution in [2.45, 2.75) is 19.3 Å². The Kier molecular flexibility index (Phi) is 2.90. The highest BCUT2D eigenvalue weighted by atomic mass is 19.1. The van der Waals surface area contributed by atoms with Gasteiger partial charge in [-0.25, -0.2) is 4.39 Å². The SMILES string of the molecule is CC(C)(C(N)=O)c1cn[nH]c1-c1ccc(F)cc1. The Morgan fingerprint density at radius 2 is 1.94 bits per heavy atom. The molecule has 0 spiro atoms. The number of nitrogens with one attached hydrogen (secondary N) is 1. The van der Waals surface area contributed by atoms with Crippen LogP contribution in [0.1, 0.15) is 19.4 Å². The van der Waals surface area contributed by atoms with Gasteiger partial charge in [-0.05, 0) is 38.1 Å². The molecule has 0 aliphatic heterocycles. The van der Waals surface area contributed by atoms with Gasteiger partial charge in [-0.2, -0.15) is 5.10 Å². The average Bonchev–Trinajstić information content (AvgIpc) is 2.79. The number of primary amides is 1. The number of rotatable bonds is 3. The van der Waals surface area contributed by atoms with E-state index in [-0.39, 0.29) is 5.82 Å². The smallest absolute Gasteiger partial charge is 0.227 e. The first-order valence-electron chi connectivity index (χ1n) is 5.52. The highest BCUT2D eigenvalue weighted by Gasteiger charge is 2.31. The maximum Gasteiger partial charge on any atom is 0.227 e. The number of hydrogen-bond donors (Lipinski definition) is 2. The summed E-state index contributed by atoms with van der Waals surface area (Å²) < 4.78 is 12.9. The monoisotopic (exact) mass is 247 g/mol. The number of H-pyrrole nitrogens is 1. The summed E-state index contributed by atoms with van der Waals surface area (Å²) in [5, 5.41) is 6.77. The molecule has 3 N–H and O–H groups in total. The number of nitrogens with zero attached hydrogens (tertiary/aromatic N) is 1. The summed E-state index contributed by atoms with van der Waals surface area (Å²) >= 11 is 0. The molecule has 0 bridgehead atoms. The molecule has 0 atom stereocenters. The van der Waals surface area contributed by atoms with E-state index in [4.69, 9.17) is 5.73 Å². The minimum absolute atomic E-state index is 0.311. The van der Waals surface area contributed by atoms with Crippen LogP contribution in [-0.4, -0.2) is 16.1 Å². The Hall–Kier alpha value is -2.17. The largest absolute Gasteiger partial charge is 0.369 e. The molecule has 1 amide bonds. The van der Waals surface area contributed by atoms with Crippen molar-refractivity contribution < 1.29 is 9.18 Å². The standard InChI is InChI=1S/C13H14FN3O/c1-13(2,12(15)18)10-7-16-17-11(10)8-3-5-9(14)6-4-8/h3-7H,1-2H3,(H2,15,18)(H,16,17). The second-order valence-corrected chi connectivity index (χ2v) is 4.65. The molecule has 1 aromatic carbocycles. The van der Waals surface area contributed by atoms with Gasteiger partial charge >= 0.3 is 0 Å². The molecule has 94 valence electrons. The maximum atomic E-state index is 12.9. The molecule has 0 aliphatic rings. The van der Waals surface area contributed by atoms with Crippen LogP contribution < -0.4 is 5.73 Å². The summed E-state index contributed by atoms with van der Waals surface area (Å²) in [4.78, 5) is 11.5. The number of nitrogens with two attached hydrogens (primary N) is 1. The van der Waals surface area contributed by atoms with Crippen molar-refractivity contribution >= 4 is 5.91 Å². The molecule has 0 radical (unpaired) electrons. The third-order valence-electron chi connectivity index (χ3n) is 3.06. The van der Waals surface area contributed by atoms with Gasteiger partial charge in [0.15, 0.2) is 0 Å². The van der Waals surface area contributed by atoms with Crippen LogP contribution in [0.5, 0.6) is 0 Å². The number of hydrogen-bond acceptors (Lipinski definition) is 2. The van der Waals surface area contributed by atoms with E-state index in [2.05, 4.69) is 10.2 Å². The van der Waals surface area contributed by atoms with Gasteiger partial charge in [0, 0.05) is 11.1 Å². The Labute approximate surface area is 104 Å². The summed E-state index contributed by atoms with van der Waals surface area (Å²) in [5.41, 5.74) is 6.69. The van der Waals surface area contributed by atoms with Crippen LogP contribution in [0.25, 0.3) is 11.3 Å². The molecule has 2 rings (SSSR count). The van der Waals surface area contributed by atoms with Crippen molar-refractivity contribution in [1.29, 1.82) is 0 Å². The third kappa shape index (κ3) is 1.99. The van der Waals surface area contributed by atoms with Crippen LogP contribution in [0, 0.1) is 5.82 Å². The number of halogens is 1. The molecule has 0 unspecified atom stereocenters. The Balaban J connectivity index is 2.52. The summed E-state index contributed by atoms with van der Waals surface area (Å²) in [7, 11) is 0. The summed E-state index contributed by atoms with van der Waals surface area (Å²) in [6, 6.07) is 5.97. The fourth-order valence-corrected chi connectivity index (χ4v) is 1.73. The molecule has 4 nitrogen and oxygen atoms in total. The van der Waals surface area contributed by atoms with Crippen LogP contribution in [0.4, 0.5) is 4.39 Å². The minimum Gasteiger partial charge on any atom is -0.369 e. The van der Waals surface area contributed by atoms with Crippen molar-refractivity contribution in [2.24, 2.45) is 5.73 Å². The van der Waals surface area contributed by atoms with E-state index < -0.39 is 11.3 Å². The second-order valence-electron chi connectivity index (χ2n) is 4.65. The maximum absolute atomic E-state index is 12.9. The van der Waals surface area contributed by atoms with Gasteiger partial charge in [0.2, 0.25) is 5.91 Å². The zero-order valence-corrected chi connectivity index (χ0v) is 10.2. The number of aromatic amines is 1. The predicted molar refractivity (Wildman–Crippen MR) is 66.2 cm³/mol. The van der Waals surface area contributed by atoms with Crippen molar-refractivity contribution in [1.82, 2.24) is 10.2 Å². The molecule has 1 aromatic heterocycles. The normalized spacial score (nSPS) is 11.5. The molecule has 0 saturated carbocycles. The number of carbonyl (C=O) groups excluding carboxylic acids is 1. The molecule has 0 fully saturated rings. The Morgan fingerprint density at radius 3 is 2.50 bits per heavy atom. The van der Waals surface area contributed by atoms with Crippen LogP contribution in [0.2, 0.25) is 0 Å². The highest BCUT2D eigenvalue weighted by Crippen LogP contribution is 2.31. The van der Waals surface area contributed by atoms with Gasteiger partial charge < -0.3 is 5.73 Å². The number of amides is 1. The van der Waals surface area contributed by atoms with Gasteiger partial charge in [-0.3, -0.25) is 9.89 Å². The van der Waals surface area contributed by atoms with Crippen LogP contribution in [0.15, 0.2) is 30.5 Å². The quantitative estimate of drug-likeness (QED) is 0.870. The van der Waals surface area contributed by atoms with Crippen LogP contribution >= 0.6 is 0 Å². The first kappa shape index (κ1) is 12.3. The fourth-order valence-electron chi connectivity index (χ4n) is 1.73. The lowest BCUT2D eigenvalue weighted by Crippen LogP contribution is -2.35. The van der Waals surface area contributed by atoms with E-state index in [0.717, 1.165) is 5.56 Å². The summed E-state index contributed by atoms with van der Waals surface area (Å²) in [5.74, 6) is -0.749. The molecular weight excluding hydrogens is 233 g/mol. The van der Waals surface area contributed by atoms with E-state index in [0.29, 0.717) is 11.3 Å². The first-order chi connectivity index (χ1) is 8.43. The van der Waals surface area contributed by atoms with Crippen molar-refractivity contribution in [3.05, 3.63) is 41.8 Å². The number of aromatic nitrogens is 2. The minimum atomic E-state index is -0.837. The topological polar surface area (TPSA) is 71.8 Å². The molecule has 0 saturated heterocycles. The molecule has 0 aliphatic carbocycles. The summed E-state index contributed by atoms with van der Waals surface area (Å²) in [6.45, 7) is 3.46. The predicted octanol–water partition coefficient (Wildman–Crippen LogP) is 1.98. The number of benzene rings is 1. The Bertz CT molecular complexity index is 572. The zero-order chi connectivity index (χ0) is 13.3. The lowest BCUT2D eigenvalue weighted by atomic mass is 9.83. The van der Waals surface area contributed by atoms with Crippen molar-refractivity contribution in [3.63, 3.8) is 0 Å². The lowest BCUT2D eigenvalue weighted by molar-refractivity contribution is -0.122. The molecule has 5 heteroatoms. The van der Waals surface area contributed by atoms with E-state index in [1.165, 1.54) is 12.1 Å². The van der Waals surface area contributed by atoms with Gasteiger partial charge in [0.25, 0.3) is 0 Å². The fraction of sp³-hybridized carbons (Fsp3) is 0.231. The lowest BCUT2D eigenvalue weighted by Gasteiger charge is -2.20.